The molecule has 3 rings (SSSR count). The lowest BCUT2D eigenvalue weighted by Crippen LogP contribution is -2.13. The van der Waals surface area contributed by atoms with Crippen LogP contribution in [0.25, 0.3) is 22.3 Å². The van der Waals surface area contributed by atoms with E-state index in [1.54, 1.807) is 12.1 Å². The Morgan fingerprint density at radius 3 is 2.58 bits per heavy atom. The maximum atomic E-state index is 13.1. The Hall–Kier alpha value is -2.47. The number of rotatable bonds is 5. The zero-order chi connectivity index (χ0) is 17.1. The lowest BCUT2D eigenvalue weighted by Gasteiger charge is -2.09. The number of fused-ring (bicyclic) bond motifs is 1. The summed E-state index contributed by atoms with van der Waals surface area (Å²) >= 11 is 1.29. The molecule has 1 amide bonds. The summed E-state index contributed by atoms with van der Waals surface area (Å²) < 4.78 is 13.1. The highest BCUT2D eigenvalue weighted by atomic mass is 32.2. The van der Waals surface area contributed by atoms with Crippen LogP contribution in [0.5, 0.6) is 0 Å². The molecule has 6 heteroatoms. The molecule has 1 aromatic heterocycles. The van der Waals surface area contributed by atoms with Crippen LogP contribution in [0.4, 0.5) is 4.39 Å². The van der Waals surface area contributed by atoms with Gasteiger partial charge in [-0.25, -0.2) is 14.4 Å². The van der Waals surface area contributed by atoms with Gasteiger partial charge in [0.25, 0.3) is 0 Å². The average Bonchev–Trinajstić information content (AvgIpc) is 2.59. The van der Waals surface area contributed by atoms with Crippen LogP contribution in [0, 0.1) is 5.82 Å². The molecule has 0 radical (unpaired) electrons. The molecule has 1 heterocycles. The number of amides is 1. The lowest BCUT2D eigenvalue weighted by molar-refractivity contribution is -0.115. The van der Waals surface area contributed by atoms with Gasteiger partial charge >= 0.3 is 0 Å². The third-order valence-electron chi connectivity index (χ3n) is 3.59. The van der Waals surface area contributed by atoms with Crippen molar-refractivity contribution in [2.75, 3.05) is 5.75 Å². The summed E-state index contributed by atoms with van der Waals surface area (Å²) in [5.41, 5.74) is 7.94. The Bertz CT molecular complexity index is 897. The molecule has 2 aromatic carbocycles. The smallest absolute Gasteiger partial charge is 0.227 e. The number of benzene rings is 2. The fraction of sp³-hybridized carbons (Fsp3) is 0.167. The van der Waals surface area contributed by atoms with Crippen molar-refractivity contribution < 1.29 is 9.18 Å². The van der Waals surface area contributed by atoms with Gasteiger partial charge in [0, 0.05) is 10.9 Å². The predicted molar refractivity (Wildman–Crippen MR) is 94.2 cm³/mol. The van der Waals surface area contributed by atoms with Crippen LogP contribution in [-0.2, 0) is 11.2 Å². The molecule has 0 saturated heterocycles. The molecule has 0 aliphatic carbocycles. The number of hydrogen-bond acceptors (Lipinski definition) is 4. The molecule has 0 saturated carbocycles. The summed E-state index contributed by atoms with van der Waals surface area (Å²) in [5, 5.41) is 1.60. The molecule has 0 atom stereocenters. The number of carbonyl (C=O) groups is 1. The predicted octanol–water partition coefficient (Wildman–Crippen LogP) is 3.58. The number of aromatic nitrogens is 2. The SMILES string of the molecule is CCc1ccc2nc(-c3ccc(F)cc3)nc(SCC(N)=O)c2c1. The van der Waals surface area contributed by atoms with E-state index in [1.165, 1.54) is 29.5 Å². The van der Waals surface area contributed by atoms with Crippen molar-refractivity contribution in [2.24, 2.45) is 5.73 Å². The van der Waals surface area contributed by atoms with Crippen molar-refractivity contribution in [3.8, 4) is 11.4 Å². The van der Waals surface area contributed by atoms with Crippen LogP contribution >= 0.6 is 11.8 Å². The molecule has 3 aromatic rings. The number of aryl methyl sites for hydroxylation is 1. The van der Waals surface area contributed by atoms with Crippen LogP contribution in [0.3, 0.4) is 0 Å². The van der Waals surface area contributed by atoms with E-state index in [1.807, 2.05) is 18.2 Å². The van der Waals surface area contributed by atoms with Crippen LogP contribution < -0.4 is 5.73 Å². The van der Waals surface area contributed by atoms with Gasteiger partial charge in [-0.3, -0.25) is 4.79 Å². The quantitative estimate of drug-likeness (QED) is 0.569. The van der Waals surface area contributed by atoms with Crippen molar-refractivity contribution in [3.05, 3.63) is 53.8 Å². The summed E-state index contributed by atoms with van der Waals surface area (Å²) in [6.45, 7) is 2.07. The second-order valence-electron chi connectivity index (χ2n) is 5.32. The normalized spacial score (nSPS) is 10.9. The van der Waals surface area contributed by atoms with Gasteiger partial charge in [-0.2, -0.15) is 0 Å². The minimum absolute atomic E-state index is 0.144. The monoisotopic (exact) mass is 341 g/mol. The van der Waals surface area contributed by atoms with Gasteiger partial charge in [-0.1, -0.05) is 24.8 Å². The van der Waals surface area contributed by atoms with E-state index in [9.17, 15) is 9.18 Å². The molecule has 4 nitrogen and oxygen atoms in total. The molecule has 2 N–H and O–H groups in total. The highest BCUT2D eigenvalue weighted by molar-refractivity contribution is 8.00. The Labute approximate surface area is 143 Å². The second kappa shape index (κ2) is 6.97. The maximum Gasteiger partial charge on any atom is 0.227 e. The van der Waals surface area contributed by atoms with Crippen LogP contribution in [0.1, 0.15) is 12.5 Å². The van der Waals surface area contributed by atoms with Crippen molar-refractivity contribution in [2.45, 2.75) is 18.4 Å². The van der Waals surface area contributed by atoms with Crippen LogP contribution in [0.2, 0.25) is 0 Å². The summed E-state index contributed by atoms with van der Waals surface area (Å²) in [6.07, 6.45) is 0.898. The van der Waals surface area contributed by atoms with Gasteiger partial charge in [0.1, 0.15) is 10.8 Å². The molecule has 122 valence electrons. The number of nitrogens with zero attached hydrogens (tertiary/aromatic N) is 2. The number of hydrogen-bond donors (Lipinski definition) is 1. The Morgan fingerprint density at radius 1 is 1.17 bits per heavy atom. The van der Waals surface area contributed by atoms with E-state index in [4.69, 9.17) is 5.73 Å². The molecular weight excluding hydrogens is 325 g/mol. The molecule has 0 aliphatic rings. The third kappa shape index (κ3) is 3.54. The Kier molecular flexibility index (Phi) is 4.76. The van der Waals surface area contributed by atoms with Gasteiger partial charge in [-0.15, -0.1) is 0 Å². The largest absolute Gasteiger partial charge is 0.369 e. The molecule has 0 fully saturated rings. The second-order valence-corrected chi connectivity index (χ2v) is 6.28. The number of halogens is 1. The first kappa shape index (κ1) is 16.4. The first-order chi connectivity index (χ1) is 11.6. The Balaban J connectivity index is 2.14. The van der Waals surface area contributed by atoms with E-state index in [2.05, 4.69) is 16.9 Å². The zero-order valence-electron chi connectivity index (χ0n) is 13.1. The number of thioether (sulfide) groups is 1. The van der Waals surface area contributed by atoms with Crippen molar-refractivity contribution >= 4 is 28.6 Å². The number of nitrogens with two attached hydrogens (primary N) is 1. The highest BCUT2D eigenvalue weighted by Gasteiger charge is 2.12. The molecule has 0 unspecified atom stereocenters. The standard InChI is InChI=1S/C18H16FN3OS/c1-2-11-3-8-15-14(9-11)18(24-10-16(20)23)22-17(21-15)12-4-6-13(19)7-5-12/h3-9H,2,10H2,1H3,(H2,20,23). The van der Waals surface area contributed by atoms with Crippen molar-refractivity contribution in [1.29, 1.82) is 0 Å². The van der Waals surface area contributed by atoms with Gasteiger partial charge in [-0.05, 0) is 48.4 Å². The van der Waals surface area contributed by atoms with E-state index in [0.717, 1.165) is 22.9 Å². The van der Waals surface area contributed by atoms with Gasteiger partial charge in [0.05, 0.1) is 11.3 Å². The maximum absolute atomic E-state index is 13.1. The third-order valence-corrected chi connectivity index (χ3v) is 4.60. The minimum Gasteiger partial charge on any atom is -0.369 e. The number of carbonyl (C=O) groups excluding carboxylic acids is 1. The van der Waals surface area contributed by atoms with E-state index < -0.39 is 5.91 Å². The van der Waals surface area contributed by atoms with Gasteiger partial charge in [0.2, 0.25) is 5.91 Å². The fourth-order valence-electron chi connectivity index (χ4n) is 2.34. The summed E-state index contributed by atoms with van der Waals surface area (Å²) in [6, 6.07) is 12.0. The summed E-state index contributed by atoms with van der Waals surface area (Å²) in [7, 11) is 0. The van der Waals surface area contributed by atoms with Crippen molar-refractivity contribution in [3.63, 3.8) is 0 Å². The van der Waals surface area contributed by atoms with E-state index in [0.29, 0.717) is 10.9 Å². The summed E-state index contributed by atoms with van der Waals surface area (Å²) in [4.78, 5) is 20.3. The van der Waals surface area contributed by atoms with Crippen molar-refractivity contribution in [1.82, 2.24) is 9.97 Å². The van der Waals surface area contributed by atoms with Crippen LogP contribution in [0.15, 0.2) is 47.5 Å². The summed E-state index contributed by atoms with van der Waals surface area (Å²) in [5.74, 6) is -0.0679. The topological polar surface area (TPSA) is 68.9 Å². The molecule has 0 spiro atoms. The first-order valence-electron chi connectivity index (χ1n) is 7.54. The zero-order valence-corrected chi connectivity index (χ0v) is 13.9. The average molecular weight is 341 g/mol. The van der Waals surface area contributed by atoms with Crippen LogP contribution in [-0.4, -0.2) is 21.6 Å². The fourth-order valence-corrected chi connectivity index (χ4v) is 3.09. The highest BCUT2D eigenvalue weighted by Crippen LogP contribution is 2.29. The van der Waals surface area contributed by atoms with E-state index in [-0.39, 0.29) is 11.6 Å². The van der Waals surface area contributed by atoms with Gasteiger partial charge < -0.3 is 5.73 Å². The lowest BCUT2D eigenvalue weighted by atomic mass is 10.1. The molecule has 24 heavy (non-hydrogen) atoms. The molecule has 0 bridgehead atoms. The van der Waals surface area contributed by atoms with Gasteiger partial charge in [0.15, 0.2) is 5.82 Å². The Morgan fingerprint density at radius 2 is 1.92 bits per heavy atom. The molecular formula is C18H16FN3OS. The minimum atomic E-state index is -0.401. The molecule has 0 aliphatic heterocycles. The first-order valence-corrected chi connectivity index (χ1v) is 8.53. The number of primary amides is 1. The van der Waals surface area contributed by atoms with E-state index >= 15 is 0 Å².